The van der Waals surface area contributed by atoms with Crippen molar-refractivity contribution >= 4 is 27.6 Å². The molecule has 2 saturated heterocycles. The van der Waals surface area contributed by atoms with Gasteiger partial charge in [0.1, 0.15) is 29.7 Å². The summed E-state index contributed by atoms with van der Waals surface area (Å²) in [6.45, 7) is 6.72. The third-order valence-corrected chi connectivity index (χ3v) is 7.97. The fraction of sp³-hybridized carbons (Fsp3) is 0.419. The van der Waals surface area contributed by atoms with Crippen LogP contribution in [0.1, 0.15) is 40.0 Å². The molecule has 0 unspecified atom stereocenters. The highest BCUT2D eigenvalue weighted by atomic mass is 19.1. The molecule has 2 fully saturated rings. The first-order valence-electron chi connectivity index (χ1n) is 13.8. The molecule has 0 spiro atoms. The van der Waals surface area contributed by atoms with Crippen molar-refractivity contribution in [2.45, 2.75) is 51.7 Å². The minimum atomic E-state index is -0.898. The first-order valence-corrected chi connectivity index (χ1v) is 13.8. The van der Waals surface area contributed by atoms with E-state index >= 15 is 4.39 Å². The number of carbonyl (C=O) groups is 1. The Bertz CT molecular complexity index is 1660. The van der Waals surface area contributed by atoms with Gasteiger partial charge in [-0.25, -0.2) is 8.78 Å². The van der Waals surface area contributed by atoms with Crippen LogP contribution < -0.4 is 14.2 Å². The van der Waals surface area contributed by atoms with Crippen molar-refractivity contribution in [3.63, 3.8) is 0 Å². The SMILES string of the molecule is COc1nc(OC[C@@]23CCCN2C[C@H](F)C3)nc2c(F)c(-c3cc(OC(=O)C(C)(C)C)cc4ccccc34)ncc12. The van der Waals surface area contributed by atoms with E-state index in [0.29, 0.717) is 18.5 Å². The summed E-state index contributed by atoms with van der Waals surface area (Å²) in [4.78, 5) is 27.9. The molecular weight excluding hydrogens is 530 g/mol. The van der Waals surface area contributed by atoms with E-state index < -0.39 is 28.9 Å². The van der Waals surface area contributed by atoms with Crippen molar-refractivity contribution in [2.75, 3.05) is 26.8 Å². The second kappa shape index (κ2) is 10.2. The molecule has 4 aromatic rings. The van der Waals surface area contributed by atoms with Gasteiger partial charge in [-0.3, -0.25) is 14.7 Å². The number of esters is 1. The zero-order chi connectivity index (χ0) is 28.9. The van der Waals surface area contributed by atoms with Gasteiger partial charge in [0.15, 0.2) is 5.82 Å². The third-order valence-electron chi connectivity index (χ3n) is 7.97. The summed E-state index contributed by atoms with van der Waals surface area (Å²) < 4.78 is 47.7. The van der Waals surface area contributed by atoms with E-state index in [2.05, 4.69) is 19.9 Å². The Morgan fingerprint density at radius 3 is 2.76 bits per heavy atom. The number of ether oxygens (including phenoxy) is 3. The lowest BCUT2D eigenvalue weighted by Gasteiger charge is -2.30. The summed E-state index contributed by atoms with van der Waals surface area (Å²) in [7, 11) is 1.43. The molecule has 2 atom stereocenters. The second-order valence-corrected chi connectivity index (χ2v) is 11.9. The van der Waals surface area contributed by atoms with Crippen LogP contribution in [-0.4, -0.2) is 64.3 Å². The van der Waals surface area contributed by atoms with Crippen molar-refractivity contribution in [2.24, 2.45) is 5.41 Å². The Morgan fingerprint density at radius 2 is 1.98 bits per heavy atom. The summed E-state index contributed by atoms with van der Waals surface area (Å²) in [6.07, 6.45) is 2.75. The van der Waals surface area contributed by atoms with Gasteiger partial charge in [0.2, 0.25) is 5.88 Å². The Labute approximate surface area is 236 Å². The number of rotatable bonds is 6. The molecule has 4 heterocycles. The van der Waals surface area contributed by atoms with Crippen molar-refractivity contribution in [1.29, 1.82) is 0 Å². The number of alkyl halides is 1. The van der Waals surface area contributed by atoms with E-state index in [-0.39, 0.29) is 40.8 Å². The minimum Gasteiger partial charge on any atom is -0.480 e. The topological polar surface area (TPSA) is 86.7 Å². The highest BCUT2D eigenvalue weighted by Gasteiger charge is 2.49. The van der Waals surface area contributed by atoms with E-state index in [0.717, 1.165) is 30.2 Å². The summed E-state index contributed by atoms with van der Waals surface area (Å²) >= 11 is 0. The Hall–Kier alpha value is -3.92. The molecule has 2 aliphatic heterocycles. The van der Waals surface area contributed by atoms with Crippen LogP contribution in [0.25, 0.3) is 32.9 Å². The predicted molar refractivity (Wildman–Crippen MR) is 150 cm³/mol. The molecule has 2 aliphatic rings. The monoisotopic (exact) mass is 562 g/mol. The molecule has 0 aliphatic carbocycles. The Balaban J connectivity index is 1.42. The van der Waals surface area contributed by atoms with Crippen LogP contribution in [0.15, 0.2) is 42.6 Å². The normalized spacial score (nSPS) is 20.9. The van der Waals surface area contributed by atoms with Crippen LogP contribution in [0.3, 0.4) is 0 Å². The van der Waals surface area contributed by atoms with Gasteiger partial charge >= 0.3 is 12.0 Å². The van der Waals surface area contributed by atoms with E-state index in [1.807, 2.05) is 24.3 Å². The van der Waals surface area contributed by atoms with Crippen molar-refractivity contribution in [3.8, 4) is 28.9 Å². The standard InChI is InChI=1S/C31H32F2N4O4/c1-30(2,3)28(38)41-20-12-18-8-5-6-9-21(18)22(13-20)25-24(33)26-23(15-34-25)27(39-4)36-29(35-26)40-17-31-10-7-11-37(31)16-19(32)14-31/h5-6,8-9,12-13,15,19H,7,10-11,14,16-17H2,1-4H3/t19-,31+/m1/s1. The van der Waals surface area contributed by atoms with Crippen LogP contribution in [0.4, 0.5) is 8.78 Å². The number of pyridine rings is 1. The molecule has 8 nitrogen and oxygen atoms in total. The number of fused-ring (bicyclic) bond motifs is 3. The molecule has 0 N–H and O–H groups in total. The zero-order valence-electron chi connectivity index (χ0n) is 23.5. The summed E-state index contributed by atoms with van der Waals surface area (Å²) in [5.74, 6) is -0.696. The summed E-state index contributed by atoms with van der Waals surface area (Å²) in [6, 6.07) is 10.7. The highest BCUT2D eigenvalue weighted by Crippen LogP contribution is 2.41. The molecule has 6 rings (SSSR count). The van der Waals surface area contributed by atoms with Crippen molar-refractivity contribution in [1.82, 2.24) is 19.9 Å². The third kappa shape index (κ3) is 4.94. The average molecular weight is 563 g/mol. The molecule has 214 valence electrons. The van der Waals surface area contributed by atoms with Crippen LogP contribution >= 0.6 is 0 Å². The number of nitrogens with zero attached hydrogens (tertiary/aromatic N) is 4. The van der Waals surface area contributed by atoms with Gasteiger partial charge in [-0.05, 0) is 63.1 Å². The van der Waals surface area contributed by atoms with Crippen LogP contribution in [0.2, 0.25) is 0 Å². The maximum Gasteiger partial charge on any atom is 0.320 e. The number of aromatic nitrogens is 3. The summed E-state index contributed by atoms with van der Waals surface area (Å²) in [5, 5.41) is 1.77. The molecule has 10 heteroatoms. The number of hydrogen-bond donors (Lipinski definition) is 0. The molecule has 41 heavy (non-hydrogen) atoms. The molecular formula is C31H32F2N4O4. The molecule has 2 aromatic heterocycles. The smallest absolute Gasteiger partial charge is 0.320 e. The lowest BCUT2D eigenvalue weighted by atomic mass is 9.95. The van der Waals surface area contributed by atoms with E-state index in [9.17, 15) is 9.18 Å². The molecule has 0 bridgehead atoms. The van der Waals surface area contributed by atoms with E-state index in [4.69, 9.17) is 14.2 Å². The lowest BCUT2D eigenvalue weighted by molar-refractivity contribution is -0.142. The van der Waals surface area contributed by atoms with Crippen LogP contribution in [-0.2, 0) is 4.79 Å². The molecule has 0 amide bonds. The van der Waals surface area contributed by atoms with Gasteiger partial charge in [-0.1, -0.05) is 24.3 Å². The minimum absolute atomic E-state index is 0.0198. The number of halogens is 2. The first-order chi connectivity index (χ1) is 19.6. The average Bonchev–Trinajstić information content (AvgIpc) is 3.46. The van der Waals surface area contributed by atoms with Gasteiger partial charge in [-0.2, -0.15) is 9.97 Å². The number of carbonyl (C=O) groups excluding carboxylic acids is 1. The van der Waals surface area contributed by atoms with Crippen molar-refractivity contribution < 1.29 is 27.8 Å². The fourth-order valence-electron chi connectivity index (χ4n) is 5.86. The number of methoxy groups -OCH3 is 1. The van der Waals surface area contributed by atoms with Gasteiger partial charge in [0.25, 0.3) is 0 Å². The van der Waals surface area contributed by atoms with Crippen LogP contribution in [0, 0.1) is 11.2 Å². The lowest BCUT2D eigenvalue weighted by Crippen LogP contribution is -2.43. The maximum atomic E-state index is 16.3. The fourth-order valence-corrected chi connectivity index (χ4v) is 5.86. The quantitative estimate of drug-likeness (QED) is 0.212. The summed E-state index contributed by atoms with van der Waals surface area (Å²) in [5.41, 5.74) is -0.670. The van der Waals surface area contributed by atoms with Gasteiger partial charge in [-0.15, -0.1) is 0 Å². The molecule has 0 radical (unpaired) electrons. The van der Waals surface area contributed by atoms with Gasteiger partial charge in [0.05, 0.1) is 23.4 Å². The van der Waals surface area contributed by atoms with Crippen molar-refractivity contribution in [3.05, 3.63) is 48.4 Å². The zero-order valence-corrected chi connectivity index (χ0v) is 23.5. The van der Waals surface area contributed by atoms with Gasteiger partial charge < -0.3 is 14.2 Å². The van der Waals surface area contributed by atoms with E-state index in [1.165, 1.54) is 13.3 Å². The molecule has 0 saturated carbocycles. The Morgan fingerprint density at radius 1 is 1.17 bits per heavy atom. The van der Waals surface area contributed by atoms with Gasteiger partial charge in [0, 0.05) is 24.7 Å². The first kappa shape index (κ1) is 27.3. The largest absolute Gasteiger partial charge is 0.480 e. The number of hydrogen-bond acceptors (Lipinski definition) is 8. The predicted octanol–water partition coefficient (Wildman–Crippen LogP) is 5.90. The van der Waals surface area contributed by atoms with E-state index in [1.54, 1.807) is 32.9 Å². The highest BCUT2D eigenvalue weighted by molar-refractivity contribution is 5.99. The molecule has 2 aromatic carbocycles. The second-order valence-electron chi connectivity index (χ2n) is 11.9. The van der Waals surface area contributed by atoms with Crippen LogP contribution in [0.5, 0.6) is 17.6 Å². The Kier molecular flexibility index (Phi) is 6.76. The number of benzene rings is 2. The maximum absolute atomic E-state index is 16.3.